The van der Waals surface area contributed by atoms with E-state index in [0.717, 1.165) is 34.7 Å². The average molecular weight is 330 g/mol. The van der Waals surface area contributed by atoms with Gasteiger partial charge in [-0.25, -0.2) is 4.68 Å². The van der Waals surface area contributed by atoms with E-state index >= 15 is 0 Å². The number of rotatable bonds is 5. The number of carbonyl (C=O) groups excluding carboxylic acids is 1. The van der Waals surface area contributed by atoms with Gasteiger partial charge >= 0.3 is 0 Å². The van der Waals surface area contributed by atoms with Gasteiger partial charge in [-0.15, -0.1) is 5.10 Å². The molecule has 1 aliphatic rings. The Kier molecular flexibility index (Phi) is 4.80. The van der Waals surface area contributed by atoms with Gasteiger partial charge in [-0.2, -0.15) is 0 Å². The summed E-state index contributed by atoms with van der Waals surface area (Å²) in [6.07, 6.45) is 4.72. The van der Waals surface area contributed by atoms with Gasteiger partial charge in [-0.05, 0) is 66.8 Å². The molecule has 0 spiro atoms. The predicted molar refractivity (Wildman–Crippen MR) is 91.0 cm³/mol. The molecule has 0 N–H and O–H groups in total. The van der Waals surface area contributed by atoms with Crippen LogP contribution < -0.4 is 0 Å². The lowest BCUT2D eigenvalue weighted by Crippen LogP contribution is -2.10. The van der Waals surface area contributed by atoms with Crippen LogP contribution in [0, 0.1) is 20.8 Å². The van der Waals surface area contributed by atoms with Crippen LogP contribution in [0.1, 0.15) is 58.8 Å². The lowest BCUT2D eigenvalue weighted by atomic mass is 9.99. The first-order valence-corrected chi connectivity index (χ1v) is 9.06. The highest BCUT2D eigenvalue weighted by molar-refractivity contribution is 7.99. The molecule has 0 saturated heterocycles. The average Bonchev–Trinajstić information content (AvgIpc) is 3.18. The Hall–Kier alpha value is -1.69. The van der Waals surface area contributed by atoms with Crippen molar-refractivity contribution in [2.45, 2.75) is 57.7 Å². The number of Topliss-reactive ketones (excluding diaryl/α,β-unsaturated/α-hetero) is 1. The van der Waals surface area contributed by atoms with Crippen molar-refractivity contribution >= 4 is 17.5 Å². The number of nitrogens with zero attached hydrogens (tertiary/aromatic N) is 4. The van der Waals surface area contributed by atoms with E-state index in [1.165, 1.54) is 30.2 Å². The SMILES string of the molecule is Cc1cc(C)c(C(=O)CSc2nnnn2C2CCCC2)cc1C. The molecular formula is C17H22N4OS. The van der Waals surface area contributed by atoms with Gasteiger partial charge in [-0.1, -0.05) is 30.7 Å². The Morgan fingerprint density at radius 2 is 1.87 bits per heavy atom. The third-order valence-electron chi connectivity index (χ3n) is 4.61. The Labute approximate surface area is 140 Å². The number of tetrazole rings is 1. The van der Waals surface area contributed by atoms with E-state index in [0.29, 0.717) is 11.8 Å². The number of thioether (sulfide) groups is 1. The zero-order valence-corrected chi connectivity index (χ0v) is 14.7. The van der Waals surface area contributed by atoms with Crippen molar-refractivity contribution in [1.29, 1.82) is 0 Å². The maximum absolute atomic E-state index is 12.6. The summed E-state index contributed by atoms with van der Waals surface area (Å²) in [7, 11) is 0. The second-order valence-electron chi connectivity index (χ2n) is 6.31. The third-order valence-corrected chi connectivity index (χ3v) is 5.54. The summed E-state index contributed by atoms with van der Waals surface area (Å²) >= 11 is 1.44. The minimum atomic E-state index is 0.136. The number of hydrogen-bond donors (Lipinski definition) is 0. The lowest BCUT2D eigenvalue weighted by Gasteiger charge is -2.11. The van der Waals surface area contributed by atoms with Crippen molar-refractivity contribution in [3.63, 3.8) is 0 Å². The summed E-state index contributed by atoms with van der Waals surface area (Å²) in [5.41, 5.74) is 4.21. The molecule has 3 rings (SSSR count). The van der Waals surface area contributed by atoms with Gasteiger partial charge in [0.15, 0.2) is 5.78 Å². The molecule has 0 bridgehead atoms. The highest BCUT2D eigenvalue weighted by atomic mass is 32.2. The van der Waals surface area contributed by atoms with Crippen LogP contribution in [0.3, 0.4) is 0 Å². The number of aromatic nitrogens is 4. The summed E-state index contributed by atoms with van der Waals surface area (Å²) in [6, 6.07) is 4.47. The number of ketones is 1. The minimum absolute atomic E-state index is 0.136. The summed E-state index contributed by atoms with van der Waals surface area (Å²) in [5.74, 6) is 0.507. The monoisotopic (exact) mass is 330 g/mol. The minimum Gasteiger partial charge on any atom is -0.293 e. The zero-order valence-electron chi connectivity index (χ0n) is 13.9. The Morgan fingerprint density at radius 3 is 2.61 bits per heavy atom. The van der Waals surface area contributed by atoms with Gasteiger partial charge in [0, 0.05) is 5.56 Å². The van der Waals surface area contributed by atoms with E-state index in [9.17, 15) is 4.79 Å². The van der Waals surface area contributed by atoms with Gasteiger partial charge in [0.05, 0.1) is 11.8 Å². The quantitative estimate of drug-likeness (QED) is 0.618. The Balaban J connectivity index is 1.70. The first-order valence-electron chi connectivity index (χ1n) is 8.08. The molecule has 1 saturated carbocycles. The maximum atomic E-state index is 12.6. The molecule has 1 aromatic carbocycles. The fraction of sp³-hybridized carbons (Fsp3) is 0.529. The number of benzene rings is 1. The topological polar surface area (TPSA) is 60.7 Å². The van der Waals surface area contributed by atoms with Crippen molar-refractivity contribution in [1.82, 2.24) is 20.2 Å². The van der Waals surface area contributed by atoms with Crippen molar-refractivity contribution in [3.05, 3.63) is 34.4 Å². The van der Waals surface area contributed by atoms with Gasteiger partial charge in [0.2, 0.25) is 5.16 Å². The van der Waals surface area contributed by atoms with Gasteiger partial charge in [0.1, 0.15) is 0 Å². The van der Waals surface area contributed by atoms with Crippen LogP contribution >= 0.6 is 11.8 Å². The van der Waals surface area contributed by atoms with Crippen LogP contribution in [0.2, 0.25) is 0 Å². The fourth-order valence-corrected chi connectivity index (χ4v) is 3.96. The van der Waals surface area contributed by atoms with E-state index in [2.05, 4.69) is 28.5 Å². The summed E-state index contributed by atoms with van der Waals surface area (Å²) in [4.78, 5) is 12.6. The van der Waals surface area contributed by atoms with Gasteiger partial charge in [0.25, 0.3) is 0 Å². The highest BCUT2D eigenvalue weighted by Gasteiger charge is 2.22. The molecule has 0 amide bonds. The van der Waals surface area contributed by atoms with Crippen LogP contribution in [0.15, 0.2) is 17.3 Å². The molecule has 1 heterocycles. The number of carbonyl (C=O) groups is 1. The first kappa shape index (κ1) is 16.2. The normalized spacial score (nSPS) is 15.3. The number of aryl methyl sites for hydroxylation is 3. The molecule has 1 aliphatic carbocycles. The van der Waals surface area contributed by atoms with Crippen molar-refractivity contribution in [2.24, 2.45) is 0 Å². The maximum Gasteiger partial charge on any atom is 0.210 e. The predicted octanol–water partition coefficient (Wildman–Crippen LogP) is 3.69. The second-order valence-corrected chi connectivity index (χ2v) is 7.25. The molecule has 2 aromatic rings. The summed E-state index contributed by atoms with van der Waals surface area (Å²) in [6.45, 7) is 6.10. The third kappa shape index (κ3) is 3.47. The van der Waals surface area contributed by atoms with E-state index < -0.39 is 0 Å². The molecule has 0 radical (unpaired) electrons. The standard InChI is InChI=1S/C17H22N4OS/c1-11-8-13(3)15(9-12(11)2)16(22)10-23-17-18-19-20-21(17)14-6-4-5-7-14/h8-9,14H,4-7,10H2,1-3H3. The number of hydrogen-bond acceptors (Lipinski definition) is 5. The second kappa shape index (κ2) is 6.83. The molecule has 0 aliphatic heterocycles. The van der Waals surface area contributed by atoms with E-state index in [4.69, 9.17) is 0 Å². The summed E-state index contributed by atoms with van der Waals surface area (Å²) in [5, 5.41) is 12.8. The largest absolute Gasteiger partial charge is 0.293 e. The van der Waals surface area contributed by atoms with Crippen molar-refractivity contribution in [2.75, 3.05) is 5.75 Å². The lowest BCUT2D eigenvalue weighted by molar-refractivity contribution is 0.102. The van der Waals surface area contributed by atoms with Crippen LogP contribution in [0.25, 0.3) is 0 Å². The first-order chi connectivity index (χ1) is 11.1. The van der Waals surface area contributed by atoms with Crippen molar-refractivity contribution < 1.29 is 4.79 Å². The van der Waals surface area contributed by atoms with Crippen LogP contribution in [-0.4, -0.2) is 31.7 Å². The zero-order chi connectivity index (χ0) is 16.4. The van der Waals surface area contributed by atoms with Gasteiger partial charge in [-0.3, -0.25) is 4.79 Å². The van der Waals surface area contributed by atoms with E-state index in [-0.39, 0.29) is 5.78 Å². The van der Waals surface area contributed by atoms with Crippen LogP contribution in [0.5, 0.6) is 0 Å². The summed E-state index contributed by atoms with van der Waals surface area (Å²) < 4.78 is 1.90. The Bertz CT molecular complexity index is 719. The highest BCUT2D eigenvalue weighted by Crippen LogP contribution is 2.31. The molecule has 0 atom stereocenters. The Morgan fingerprint density at radius 1 is 1.17 bits per heavy atom. The molecular weight excluding hydrogens is 308 g/mol. The van der Waals surface area contributed by atoms with Crippen LogP contribution in [0.4, 0.5) is 0 Å². The smallest absolute Gasteiger partial charge is 0.210 e. The fourth-order valence-electron chi connectivity index (χ4n) is 3.13. The van der Waals surface area contributed by atoms with Crippen LogP contribution in [-0.2, 0) is 0 Å². The van der Waals surface area contributed by atoms with E-state index in [1.807, 2.05) is 24.6 Å². The molecule has 5 nitrogen and oxygen atoms in total. The molecule has 6 heteroatoms. The molecule has 122 valence electrons. The molecule has 23 heavy (non-hydrogen) atoms. The molecule has 1 fully saturated rings. The van der Waals surface area contributed by atoms with Crippen molar-refractivity contribution in [3.8, 4) is 0 Å². The molecule has 0 unspecified atom stereocenters. The van der Waals surface area contributed by atoms with E-state index in [1.54, 1.807) is 0 Å². The molecule has 1 aromatic heterocycles. The van der Waals surface area contributed by atoms with Gasteiger partial charge < -0.3 is 0 Å².